The lowest BCUT2D eigenvalue weighted by Gasteiger charge is -2.36. The zero-order valence-corrected chi connectivity index (χ0v) is 14.9. The Labute approximate surface area is 144 Å². The number of hydrogen-bond donors (Lipinski definition) is 1. The van der Waals surface area contributed by atoms with Crippen molar-refractivity contribution < 1.29 is 4.39 Å². The van der Waals surface area contributed by atoms with Crippen molar-refractivity contribution in [2.75, 3.05) is 53.4 Å². The van der Waals surface area contributed by atoms with Gasteiger partial charge in [0.25, 0.3) is 0 Å². The van der Waals surface area contributed by atoms with Crippen molar-refractivity contribution >= 4 is 17.3 Å². The van der Waals surface area contributed by atoms with E-state index in [0.29, 0.717) is 0 Å². The molecule has 2 rings (SSSR count). The largest absolute Gasteiger partial charge is 0.363 e. The summed E-state index contributed by atoms with van der Waals surface area (Å²) in [6, 6.07) is 6.85. The quantitative estimate of drug-likeness (QED) is 0.629. The second-order valence-corrected chi connectivity index (χ2v) is 6.67. The summed E-state index contributed by atoms with van der Waals surface area (Å²) in [5, 5.41) is 4.20. The van der Waals surface area contributed by atoms with Crippen LogP contribution in [0.2, 0.25) is 0 Å². The van der Waals surface area contributed by atoms with Gasteiger partial charge in [0.2, 0.25) is 0 Å². The number of rotatable bonds is 6. The molecule has 1 aliphatic rings. The van der Waals surface area contributed by atoms with Crippen LogP contribution < -0.4 is 5.32 Å². The molecular formula is C17H27FN4S. The standard InChI is InChI=1S/C17H27FN4S/c1-20(2)8-4-7-19-17(23)22-11-9-21(10-12-22)14-15-5-3-6-16(18)13-15/h3,5-6,13H,4,7-12,14H2,1-2H3,(H,19,23). The van der Waals surface area contributed by atoms with Gasteiger partial charge in [0.15, 0.2) is 5.11 Å². The van der Waals surface area contributed by atoms with Crippen LogP contribution in [0.3, 0.4) is 0 Å². The molecule has 0 radical (unpaired) electrons. The molecule has 0 aromatic heterocycles. The molecule has 0 amide bonds. The molecule has 1 aromatic carbocycles. The third-order valence-electron chi connectivity index (χ3n) is 4.01. The Morgan fingerprint density at radius 1 is 1.26 bits per heavy atom. The van der Waals surface area contributed by atoms with Gasteiger partial charge < -0.3 is 15.1 Å². The fraction of sp³-hybridized carbons (Fsp3) is 0.588. The first-order valence-electron chi connectivity index (χ1n) is 8.19. The average molecular weight is 338 g/mol. The zero-order chi connectivity index (χ0) is 16.7. The highest BCUT2D eigenvalue weighted by Crippen LogP contribution is 2.10. The first-order chi connectivity index (χ1) is 11.0. The fourth-order valence-corrected chi connectivity index (χ4v) is 2.99. The second kappa shape index (κ2) is 9.15. The van der Waals surface area contributed by atoms with Crippen LogP contribution in [0.15, 0.2) is 24.3 Å². The predicted octanol–water partition coefficient (Wildman–Crippen LogP) is 1.77. The molecule has 0 spiro atoms. The molecule has 0 atom stereocenters. The number of benzene rings is 1. The minimum Gasteiger partial charge on any atom is -0.363 e. The molecule has 0 aliphatic carbocycles. The van der Waals surface area contributed by atoms with Crippen LogP contribution >= 0.6 is 12.2 Å². The molecule has 1 aliphatic heterocycles. The molecule has 1 saturated heterocycles. The molecule has 23 heavy (non-hydrogen) atoms. The molecule has 1 aromatic rings. The Morgan fingerprint density at radius 3 is 2.65 bits per heavy atom. The minimum atomic E-state index is -0.163. The maximum Gasteiger partial charge on any atom is 0.169 e. The number of thiocarbonyl (C=S) groups is 1. The van der Waals surface area contributed by atoms with E-state index in [1.165, 1.54) is 6.07 Å². The summed E-state index contributed by atoms with van der Waals surface area (Å²) in [6.45, 7) is 6.54. The Kier molecular flexibility index (Phi) is 7.20. The van der Waals surface area contributed by atoms with Gasteiger partial charge in [-0.1, -0.05) is 12.1 Å². The van der Waals surface area contributed by atoms with Crippen molar-refractivity contribution in [2.24, 2.45) is 0 Å². The van der Waals surface area contributed by atoms with Crippen LogP contribution in [0.1, 0.15) is 12.0 Å². The Balaban J connectivity index is 1.68. The number of nitrogens with zero attached hydrogens (tertiary/aromatic N) is 3. The van der Waals surface area contributed by atoms with Gasteiger partial charge in [0.1, 0.15) is 5.82 Å². The van der Waals surface area contributed by atoms with E-state index in [1.807, 2.05) is 6.07 Å². The van der Waals surface area contributed by atoms with Crippen molar-refractivity contribution in [3.8, 4) is 0 Å². The molecule has 6 heteroatoms. The van der Waals surface area contributed by atoms with Crippen molar-refractivity contribution in [3.63, 3.8) is 0 Å². The van der Waals surface area contributed by atoms with Gasteiger partial charge in [-0.15, -0.1) is 0 Å². The van der Waals surface area contributed by atoms with Gasteiger partial charge in [-0.25, -0.2) is 4.39 Å². The lowest BCUT2D eigenvalue weighted by molar-refractivity contribution is 0.174. The molecule has 1 heterocycles. The number of piperazine rings is 1. The predicted molar refractivity (Wildman–Crippen MR) is 97.0 cm³/mol. The lowest BCUT2D eigenvalue weighted by atomic mass is 10.2. The molecule has 0 saturated carbocycles. The molecular weight excluding hydrogens is 311 g/mol. The Morgan fingerprint density at radius 2 is 2.00 bits per heavy atom. The van der Waals surface area contributed by atoms with E-state index in [1.54, 1.807) is 12.1 Å². The summed E-state index contributed by atoms with van der Waals surface area (Å²) in [5.74, 6) is -0.163. The van der Waals surface area contributed by atoms with E-state index in [0.717, 1.165) is 62.9 Å². The molecule has 0 unspecified atom stereocenters. The van der Waals surface area contributed by atoms with Gasteiger partial charge in [-0.2, -0.15) is 0 Å². The lowest BCUT2D eigenvalue weighted by Crippen LogP contribution is -2.51. The van der Waals surface area contributed by atoms with Crippen molar-refractivity contribution in [1.29, 1.82) is 0 Å². The van der Waals surface area contributed by atoms with Crippen LogP contribution in [0.4, 0.5) is 4.39 Å². The SMILES string of the molecule is CN(C)CCCNC(=S)N1CCN(Cc2cccc(F)c2)CC1. The van der Waals surface area contributed by atoms with E-state index in [4.69, 9.17) is 12.2 Å². The Hall–Kier alpha value is -1.24. The van der Waals surface area contributed by atoms with Gasteiger partial charge >= 0.3 is 0 Å². The second-order valence-electron chi connectivity index (χ2n) is 6.28. The third-order valence-corrected chi connectivity index (χ3v) is 4.42. The van der Waals surface area contributed by atoms with Crippen molar-refractivity contribution in [1.82, 2.24) is 20.0 Å². The summed E-state index contributed by atoms with van der Waals surface area (Å²) < 4.78 is 13.2. The molecule has 1 N–H and O–H groups in total. The van der Waals surface area contributed by atoms with Crippen LogP contribution in [0.5, 0.6) is 0 Å². The topological polar surface area (TPSA) is 21.8 Å². The van der Waals surface area contributed by atoms with E-state index >= 15 is 0 Å². The minimum absolute atomic E-state index is 0.163. The van der Waals surface area contributed by atoms with Crippen LogP contribution in [-0.4, -0.2) is 73.2 Å². The zero-order valence-electron chi connectivity index (χ0n) is 14.1. The first-order valence-corrected chi connectivity index (χ1v) is 8.60. The van der Waals surface area contributed by atoms with E-state index in [-0.39, 0.29) is 5.82 Å². The van der Waals surface area contributed by atoms with Gasteiger partial charge in [0.05, 0.1) is 0 Å². The molecule has 1 fully saturated rings. The summed E-state index contributed by atoms with van der Waals surface area (Å²) in [6.07, 6.45) is 1.09. The van der Waals surface area contributed by atoms with Gasteiger partial charge in [0, 0.05) is 39.3 Å². The maximum atomic E-state index is 13.2. The molecule has 4 nitrogen and oxygen atoms in total. The molecule has 0 bridgehead atoms. The summed E-state index contributed by atoms with van der Waals surface area (Å²) >= 11 is 5.47. The molecule has 128 valence electrons. The Bertz CT molecular complexity index is 501. The van der Waals surface area contributed by atoms with Crippen LogP contribution in [0.25, 0.3) is 0 Å². The highest BCUT2D eigenvalue weighted by molar-refractivity contribution is 7.80. The summed E-state index contributed by atoms with van der Waals surface area (Å²) in [7, 11) is 4.16. The smallest absolute Gasteiger partial charge is 0.169 e. The highest BCUT2D eigenvalue weighted by Gasteiger charge is 2.18. The normalized spacial score (nSPS) is 15.9. The van der Waals surface area contributed by atoms with Crippen LogP contribution in [-0.2, 0) is 6.54 Å². The number of halogens is 1. The van der Waals surface area contributed by atoms with E-state index < -0.39 is 0 Å². The average Bonchev–Trinajstić information content (AvgIpc) is 2.52. The van der Waals surface area contributed by atoms with E-state index in [9.17, 15) is 4.39 Å². The van der Waals surface area contributed by atoms with E-state index in [2.05, 4.69) is 34.1 Å². The maximum absolute atomic E-state index is 13.2. The summed E-state index contributed by atoms with van der Waals surface area (Å²) in [4.78, 5) is 6.75. The number of nitrogens with one attached hydrogen (secondary N) is 1. The summed E-state index contributed by atoms with van der Waals surface area (Å²) in [5.41, 5.74) is 1.03. The van der Waals surface area contributed by atoms with Crippen molar-refractivity contribution in [3.05, 3.63) is 35.6 Å². The fourth-order valence-electron chi connectivity index (χ4n) is 2.71. The first kappa shape index (κ1) is 18.1. The van der Waals surface area contributed by atoms with Gasteiger partial charge in [-0.3, -0.25) is 4.90 Å². The third kappa shape index (κ3) is 6.41. The highest BCUT2D eigenvalue weighted by atomic mass is 32.1. The van der Waals surface area contributed by atoms with Gasteiger partial charge in [-0.05, 0) is 57.0 Å². The van der Waals surface area contributed by atoms with Crippen molar-refractivity contribution in [2.45, 2.75) is 13.0 Å². The van der Waals surface area contributed by atoms with Crippen LogP contribution in [0, 0.1) is 5.82 Å². The monoisotopic (exact) mass is 338 g/mol. The number of hydrogen-bond acceptors (Lipinski definition) is 3.